The fraction of sp³-hybridized carbons (Fsp3) is 0.476. The number of aryl methyl sites for hydroxylation is 2. The Morgan fingerprint density at radius 3 is 2.90 bits per heavy atom. The number of piperidine rings is 1. The first-order chi connectivity index (χ1) is 14.7. The lowest BCUT2D eigenvalue weighted by Gasteiger charge is -2.31. The van der Waals surface area contributed by atoms with Crippen LogP contribution in [0.2, 0.25) is 0 Å². The van der Waals surface area contributed by atoms with Gasteiger partial charge in [-0.25, -0.2) is 4.98 Å². The number of hydrogen-bond acceptors (Lipinski definition) is 7. The molecule has 0 aliphatic carbocycles. The summed E-state index contributed by atoms with van der Waals surface area (Å²) in [7, 11) is 0. The van der Waals surface area contributed by atoms with E-state index < -0.39 is 0 Å². The van der Waals surface area contributed by atoms with Gasteiger partial charge in [0.05, 0.1) is 23.3 Å². The molecule has 1 aliphatic rings. The lowest BCUT2D eigenvalue weighted by atomic mass is 9.89. The van der Waals surface area contributed by atoms with E-state index >= 15 is 0 Å². The van der Waals surface area contributed by atoms with Gasteiger partial charge in [0.1, 0.15) is 0 Å². The van der Waals surface area contributed by atoms with E-state index in [1.54, 1.807) is 12.5 Å². The number of aromatic nitrogens is 5. The smallest absolute Gasteiger partial charge is 0.253 e. The van der Waals surface area contributed by atoms with E-state index in [0.717, 1.165) is 62.5 Å². The van der Waals surface area contributed by atoms with E-state index in [2.05, 4.69) is 24.8 Å². The van der Waals surface area contributed by atoms with Crippen molar-refractivity contribution in [3.8, 4) is 0 Å². The van der Waals surface area contributed by atoms with Crippen LogP contribution in [-0.2, 0) is 13.1 Å². The third-order valence-electron chi connectivity index (χ3n) is 5.51. The zero-order valence-corrected chi connectivity index (χ0v) is 18.0. The highest BCUT2D eigenvalue weighted by molar-refractivity contribution is 7.03. The van der Waals surface area contributed by atoms with E-state index in [0.29, 0.717) is 18.0 Å². The van der Waals surface area contributed by atoms with Crippen molar-refractivity contribution in [2.45, 2.75) is 45.2 Å². The average Bonchev–Trinajstić information content (AvgIpc) is 3.46. The minimum absolute atomic E-state index is 0.0286. The van der Waals surface area contributed by atoms with Crippen molar-refractivity contribution in [3.05, 3.63) is 58.9 Å². The average molecular weight is 426 g/mol. The van der Waals surface area contributed by atoms with Gasteiger partial charge >= 0.3 is 0 Å². The molecule has 0 bridgehead atoms. The Kier molecular flexibility index (Phi) is 6.81. The molecule has 1 amide bonds. The molecule has 1 saturated heterocycles. The zero-order chi connectivity index (χ0) is 20.8. The Labute approximate surface area is 180 Å². The van der Waals surface area contributed by atoms with Crippen LogP contribution in [0, 0.1) is 6.92 Å². The number of likely N-dealkylation sites (tertiary alicyclic amines) is 1. The molecule has 0 atom stereocenters. The van der Waals surface area contributed by atoms with Crippen molar-refractivity contribution in [1.29, 1.82) is 0 Å². The van der Waals surface area contributed by atoms with Gasteiger partial charge in [0.25, 0.3) is 5.91 Å². The summed E-state index contributed by atoms with van der Waals surface area (Å²) in [6.45, 7) is 6.25. The Hall–Kier alpha value is -2.65. The summed E-state index contributed by atoms with van der Waals surface area (Å²) >= 11 is 1.39. The number of rotatable bonds is 8. The minimum Gasteiger partial charge on any atom is -0.352 e. The normalized spacial score (nSPS) is 15.4. The number of nitrogens with one attached hydrogen (secondary N) is 1. The van der Waals surface area contributed by atoms with Crippen LogP contribution in [0.25, 0.3) is 0 Å². The van der Waals surface area contributed by atoms with Gasteiger partial charge in [-0.2, -0.15) is 0 Å². The van der Waals surface area contributed by atoms with E-state index in [1.807, 2.05) is 35.2 Å². The Bertz CT molecular complexity index is 934. The van der Waals surface area contributed by atoms with E-state index in [4.69, 9.17) is 4.98 Å². The highest BCUT2D eigenvalue weighted by atomic mass is 32.1. The molecule has 4 rings (SSSR count). The molecular weight excluding hydrogens is 398 g/mol. The zero-order valence-electron chi connectivity index (χ0n) is 17.2. The fourth-order valence-electron chi connectivity index (χ4n) is 3.90. The second-order valence-corrected chi connectivity index (χ2v) is 8.35. The number of carbonyl (C=O) groups is 1. The molecule has 0 saturated carbocycles. The molecule has 3 aromatic heterocycles. The molecule has 9 heteroatoms. The van der Waals surface area contributed by atoms with Crippen LogP contribution in [0.4, 0.5) is 0 Å². The lowest BCUT2D eigenvalue weighted by molar-refractivity contribution is 0.0949. The number of imidazole rings is 1. The van der Waals surface area contributed by atoms with Gasteiger partial charge in [-0.1, -0.05) is 4.49 Å². The number of carbonyl (C=O) groups excluding carboxylic acids is 1. The van der Waals surface area contributed by atoms with E-state index in [1.165, 1.54) is 11.5 Å². The van der Waals surface area contributed by atoms with Gasteiger partial charge in [0.15, 0.2) is 0 Å². The molecule has 1 fully saturated rings. The Morgan fingerprint density at radius 1 is 1.30 bits per heavy atom. The molecule has 0 unspecified atom stereocenters. The van der Waals surface area contributed by atoms with Crippen LogP contribution >= 0.6 is 11.5 Å². The number of nitrogens with zero attached hydrogens (tertiary/aromatic N) is 6. The van der Waals surface area contributed by atoms with Gasteiger partial charge in [-0.3, -0.25) is 14.7 Å². The molecule has 0 spiro atoms. The molecule has 0 aromatic carbocycles. The van der Waals surface area contributed by atoms with Crippen LogP contribution in [0.3, 0.4) is 0 Å². The Morgan fingerprint density at radius 2 is 2.17 bits per heavy atom. The quantitative estimate of drug-likeness (QED) is 0.558. The highest BCUT2D eigenvalue weighted by Crippen LogP contribution is 2.30. The van der Waals surface area contributed by atoms with Crippen molar-refractivity contribution < 1.29 is 4.79 Å². The molecule has 158 valence electrons. The van der Waals surface area contributed by atoms with Gasteiger partial charge in [0, 0.05) is 49.0 Å². The van der Waals surface area contributed by atoms with Crippen LogP contribution in [0.5, 0.6) is 0 Å². The first-order valence-electron chi connectivity index (χ1n) is 10.4. The molecule has 0 radical (unpaired) electrons. The van der Waals surface area contributed by atoms with Crippen molar-refractivity contribution >= 4 is 17.4 Å². The number of hydrogen-bond donors (Lipinski definition) is 1. The molecule has 1 aliphatic heterocycles. The van der Waals surface area contributed by atoms with Crippen LogP contribution < -0.4 is 5.32 Å². The minimum atomic E-state index is -0.0286. The number of amides is 1. The van der Waals surface area contributed by atoms with E-state index in [9.17, 15) is 4.79 Å². The third kappa shape index (κ3) is 5.28. The standard InChI is InChI=1S/C21H27N7OS/c1-16-3-4-19(21(29)23-7-2-9-28-12-8-22-15-28)20(24-16)17-5-10-27(11-6-17)13-18-14-30-26-25-18/h3-4,8,12,14-15,17H,2,5-7,9-11,13H2,1H3,(H,23,29). The first-order valence-corrected chi connectivity index (χ1v) is 11.2. The van der Waals surface area contributed by atoms with Gasteiger partial charge < -0.3 is 9.88 Å². The largest absolute Gasteiger partial charge is 0.352 e. The summed E-state index contributed by atoms with van der Waals surface area (Å²) in [5.41, 5.74) is 3.64. The summed E-state index contributed by atoms with van der Waals surface area (Å²) in [5.74, 6) is 0.278. The second-order valence-electron chi connectivity index (χ2n) is 7.74. The van der Waals surface area contributed by atoms with Crippen molar-refractivity contribution in [1.82, 2.24) is 34.3 Å². The van der Waals surface area contributed by atoms with Gasteiger partial charge in [0.2, 0.25) is 0 Å². The maximum Gasteiger partial charge on any atom is 0.253 e. The monoisotopic (exact) mass is 425 g/mol. The fourth-order valence-corrected chi connectivity index (χ4v) is 4.35. The van der Waals surface area contributed by atoms with Crippen LogP contribution in [0.1, 0.15) is 52.6 Å². The molecule has 4 heterocycles. The summed E-state index contributed by atoms with van der Waals surface area (Å²) in [5, 5.41) is 9.21. The SMILES string of the molecule is Cc1ccc(C(=O)NCCCn2ccnc2)c(C2CCN(Cc3csnn3)CC2)n1. The summed E-state index contributed by atoms with van der Waals surface area (Å²) in [6, 6.07) is 3.85. The summed E-state index contributed by atoms with van der Waals surface area (Å²) in [4.78, 5) is 24.1. The molecule has 1 N–H and O–H groups in total. The predicted octanol–water partition coefficient (Wildman–Crippen LogP) is 2.64. The van der Waals surface area contributed by atoms with Gasteiger partial charge in [-0.05, 0) is 62.9 Å². The lowest BCUT2D eigenvalue weighted by Crippen LogP contribution is -2.34. The summed E-state index contributed by atoms with van der Waals surface area (Å²) in [6.07, 6.45) is 8.34. The predicted molar refractivity (Wildman–Crippen MR) is 115 cm³/mol. The third-order valence-corrected chi connectivity index (χ3v) is 6.06. The van der Waals surface area contributed by atoms with Crippen molar-refractivity contribution in [2.75, 3.05) is 19.6 Å². The first kappa shape index (κ1) is 20.6. The van der Waals surface area contributed by atoms with Crippen LogP contribution in [-0.4, -0.2) is 54.6 Å². The van der Waals surface area contributed by atoms with Crippen molar-refractivity contribution in [2.24, 2.45) is 0 Å². The maximum absolute atomic E-state index is 12.9. The molecule has 30 heavy (non-hydrogen) atoms. The maximum atomic E-state index is 12.9. The second kappa shape index (κ2) is 9.90. The van der Waals surface area contributed by atoms with E-state index in [-0.39, 0.29) is 5.91 Å². The molecular formula is C21H27N7OS. The Balaban J connectivity index is 1.34. The number of pyridine rings is 1. The topological polar surface area (TPSA) is 88.8 Å². The van der Waals surface area contributed by atoms with Crippen LogP contribution in [0.15, 0.2) is 36.2 Å². The highest BCUT2D eigenvalue weighted by Gasteiger charge is 2.26. The summed E-state index contributed by atoms with van der Waals surface area (Å²) < 4.78 is 5.96. The van der Waals surface area contributed by atoms with Crippen molar-refractivity contribution in [3.63, 3.8) is 0 Å². The van der Waals surface area contributed by atoms with Gasteiger partial charge in [-0.15, -0.1) is 5.10 Å². The molecule has 8 nitrogen and oxygen atoms in total. The molecule has 3 aromatic rings.